The SMILES string of the molecule is CC(OCCOCCCOc1ccc(C2(c3ccc(OCCCCl)cc3)c3ccccc3-c3ccccc32)cc1)=C(C)OCC(=O)O. The van der Waals surface area contributed by atoms with Gasteiger partial charge in [0.15, 0.2) is 6.61 Å². The number of ether oxygens (including phenoxy) is 5. The molecule has 0 aromatic heterocycles. The van der Waals surface area contributed by atoms with Gasteiger partial charge in [0, 0.05) is 18.9 Å². The molecular weight excluding hydrogens is 616 g/mol. The summed E-state index contributed by atoms with van der Waals surface area (Å²) in [5.41, 5.74) is 6.82. The van der Waals surface area contributed by atoms with Crippen LogP contribution < -0.4 is 9.47 Å². The first kappa shape index (κ1) is 33.9. The number of hydrogen-bond acceptors (Lipinski definition) is 6. The van der Waals surface area contributed by atoms with Crippen LogP contribution in [0.4, 0.5) is 0 Å². The lowest BCUT2D eigenvalue weighted by Crippen LogP contribution is -2.28. The first-order valence-electron chi connectivity index (χ1n) is 15.9. The zero-order valence-electron chi connectivity index (χ0n) is 26.9. The van der Waals surface area contributed by atoms with E-state index in [0.717, 1.165) is 29.9 Å². The van der Waals surface area contributed by atoms with Crippen LogP contribution in [0, 0.1) is 0 Å². The van der Waals surface area contributed by atoms with E-state index in [1.807, 2.05) is 12.1 Å². The third-order valence-electron chi connectivity index (χ3n) is 8.23. The van der Waals surface area contributed by atoms with Crippen molar-refractivity contribution >= 4 is 17.6 Å². The number of benzene rings is 4. The van der Waals surface area contributed by atoms with E-state index in [-0.39, 0.29) is 0 Å². The molecule has 0 heterocycles. The number of carboxylic acid groups (broad SMARTS) is 1. The molecule has 8 heteroatoms. The van der Waals surface area contributed by atoms with Crippen LogP contribution in [-0.2, 0) is 24.4 Å². The first-order valence-corrected chi connectivity index (χ1v) is 16.4. The van der Waals surface area contributed by atoms with Crippen LogP contribution in [0.1, 0.15) is 48.9 Å². The van der Waals surface area contributed by atoms with Crippen molar-refractivity contribution < 1.29 is 33.6 Å². The van der Waals surface area contributed by atoms with Gasteiger partial charge in [0.05, 0.1) is 25.2 Å². The molecule has 0 aliphatic heterocycles. The molecule has 0 bridgehead atoms. The molecule has 0 fully saturated rings. The van der Waals surface area contributed by atoms with Crippen molar-refractivity contribution in [3.05, 3.63) is 131 Å². The summed E-state index contributed by atoms with van der Waals surface area (Å²) in [6.07, 6.45) is 1.53. The maximum atomic E-state index is 10.6. The lowest BCUT2D eigenvalue weighted by Gasteiger charge is -2.34. The number of carbonyl (C=O) groups is 1. The van der Waals surface area contributed by atoms with E-state index in [9.17, 15) is 4.79 Å². The fourth-order valence-corrected chi connectivity index (χ4v) is 6.06. The van der Waals surface area contributed by atoms with Gasteiger partial charge in [-0.25, -0.2) is 4.79 Å². The van der Waals surface area contributed by atoms with Crippen LogP contribution in [0.3, 0.4) is 0 Å². The second kappa shape index (κ2) is 16.4. The van der Waals surface area contributed by atoms with Crippen molar-refractivity contribution in [3.63, 3.8) is 0 Å². The average Bonchev–Trinajstić information content (AvgIpc) is 3.40. The van der Waals surface area contributed by atoms with E-state index in [1.54, 1.807) is 13.8 Å². The predicted molar refractivity (Wildman–Crippen MR) is 183 cm³/mol. The highest BCUT2D eigenvalue weighted by atomic mass is 35.5. The lowest BCUT2D eigenvalue weighted by molar-refractivity contribution is -0.140. The Hall–Kier alpha value is -4.46. The van der Waals surface area contributed by atoms with Gasteiger partial charge < -0.3 is 28.8 Å². The molecule has 0 spiro atoms. The van der Waals surface area contributed by atoms with Crippen LogP contribution in [0.15, 0.2) is 109 Å². The fraction of sp³-hybridized carbons (Fsp3) is 0.308. The molecular formula is C39H41ClO7. The molecule has 47 heavy (non-hydrogen) atoms. The van der Waals surface area contributed by atoms with Crippen LogP contribution >= 0.6 is 11.6 Å². The highest BCUT2D eigenvalue weighted by molar-refractivity contribution is 6.17. The summed E-state index contributed by atoms with van der Waals surface area (Å²) in [6.45, 7) is 5.40. The average molecular weight is 657 g/mol. The Labute approximate surface area is 281 Å². The van der Waals surface area contributed by atoms with E-state index in [1.165, 1.54) is 27.8 Å². The summed E-state index contributed by atoms with van der Waals surface area (Å²) >= 11 is 5.85. The minimum absolute atomic E-state index is 0.347. The monoisotopic (exact) mass is 656 g/mol. The number of alkyl halides is 1. The zero-order valence-corrected chi connectivity index (χ0v) is 27.6. The summed E-state index contributed by atoms with van der Waals surface area (Å²) in [7, 11) is 0. The van der Waals surface area contributed by atoms with Gasteiger partial charge in [0.1, 0.15) is 29.6 Å². The van der Waals surface area contributed by atoms with E-state index in [4.69, 9.17) is 40.4 Å². The minimum Gasteiger partial charge on any atom is -0.494 e. The number of rotatable bonds is 18. The minimum atomic E-state index is -1.03. The van der Waals surface area contributed by atoms with Gasteiger partial charge in [-0.1, -0.05) is 72.8 Å². The van der Waals surface area contributed by atoms with Crippen molar-refractivity contribution in [1.82, 2.24) is 0 Å². The van der Waals surface area contributed by atoms with Crippen LogP contribution in [-0.4, -0.2) is 56.6 Å². The van der Waals surface area contributed by atoms with Gasteiger partial charge in [-0.05, 0) is 77.9 Å². The van der Waals surface area contributed by atoms with Crippen molar-refractivity contribution in [2.75, 3.05) is 45.5 Å². The number of hydrogen-bond donors (Lipinski definition) is 1. The molecule has 246 valence electrons. The van der Waals surface area contributed by atoms with Crippen molar-refractivity contribution in [2.45, 2.75) is 32.1 Å². The van der Waals surface area contributed by atoms with Crippen LogP contribution in [0.5, 0.6) is 11.5 Å². The van der Waals surface area contributed by atoms with Gasteiger partial charge in [0.2, 0.25) is 0 Å². The molecule has 4 aromatic rings. The Morgan fingerprint density at radius 1 is 0.638 bits per heavy atom. The maximum absolute atomic E-state index is 10.6. The Kier molecular flexibility index (Phi) is 11.8. The number of halogens is 1. The summed E-state index contributed by atoms with van der Waals surface area (Å²) in [5.74, 6) is 2.16. The Balaban J connectivity index is 1.24. The molecule has 0 atom stereocenters. The topological polar surface area (TPSA) is 83.5 Å². The summed E-state index contributed by atoms with van der Waals surface area (Å²) in [5, 5.41) is 8.72. The van der Waals surface area contributed by atoms with Gasteiger partial charge in [-0.2, -0.15) is 0 Å². The third-order valence-corrected chi connectivity index (χ3v) is 8.50. The summed E-state index contributed by atoms with van der Waals surface area (Å²) < 4.78 is 28.4. The molecule has 0 unspecified atom stereocenters. The van der Waals surface area contributed by atoms with E-state index in [2.05, 4.69) is 84.9 Å². The molecule has 1 aliphatic rings. The molecule has 5 rings (SSSR count). The zero-order chi connectivity index (χ0) is 33.1. The van der Waals surface area contributed by atoms with E-state index < -0.39 is 18.0 Å². The van der Waals surface area contributed by atoms with Crippen molar-refractivity contribution in [1.29, 1.82) is 0 Å². The molecule has 4 aromatic carbocycles. The lowest BCUT2D eigenvalue weighted by atomic mass is 9.68. The van der Waals surface area contributed by atoms with Crippen LogP contribution in [0.25, 0.3) is 11.1 Å². The van der Waals surface area contributed by atoms with Gasteiger partial charge in [-0.15, -0.1) is 11.6 Å². The van der Waals surface area contributed by atoms with Gasteiger partial charge in [-0.3, -0.25) is 0 Å². The number of aliphatic carboxylic acids is 1. The molecule has 0 saturated carbocycles. The van der Waals surface area contributed by atoms with Gasteiger partial charge >= 0.3 is 5.97 Å². The Bertz CT molecular complexity index is 1600. The first-order chi connectivity index (χ1) is 22.9. The smallest absolute Gasteiger partial charge is 0.341 e. The maximum Gasteiger partial charge on any atom is 0.341 e. The Morgan fingerprint density at radius 3 is 1.68 bits per heavy atom. The van der Waals surface area contributed by atoms with Crippen LogP contribution in [0.2, 0.25) is 0 Å². The highest BCUT2D eigenvalue weighted by Crippen LogP contribution is 2.56. The normalized spacial score (nSPS) is 13.3. The number of carboxylic acids is 1. The molecule has 0 amide bonds. The second-order valence-electron chi connectivity index (χ2n) is 11.2. The Morgan fingerprint density at radius 2 is 1.15 bits per heavy atom. The molecule has 1 N–H and O–H groups in total. The summed E-state index contributed by atoms with van der Waals surface area (Å²) in [6, 6.07) is 34.2. The third kappa shape index (κ3) is 7.92. The molecule has 7 nitrogen and oxygen atoms in total. The largest absolute Gasteiger partial charge is 0.494 e. The second-order valence-corrected chi connectivity index (χ2v) is 11.6. The molecule has 0 radical (unpaired) electrons. The number of allylic oxidation sites excluding steroid dienone is 2. The summed E-state index contributed by atoms with van der Waals surface area (Å²) in [4.78, 5) is 10.6. The predicted octanol–water partition coefficient (Wildman–Crippen LogP) is 8.21. The quantitative estimate of drug-likeness (QED) is 0.0578. The van der Waals surface area contributed by atoms with E-state index in [0.29, 0.717) is 50.4 Å². The van der Waals surface area contributed by atoms with Gasteiger partial charge in [0.25, 0.3) is 0 Å². The number of fused-ring (bicyclic) bond motifs is 3. The molecule has 0 saturated heterocycles. The molecule has 1 aliphatic carbocycles. The standard InChI is InChI=1S/C39H41ClO7/c1-28(29(2)47-27-38(41)42)44-26-25-43-22-8-24-46-33-19-15-31(16-20-33)39(30-13-17-32(18-14-30)45-23-7-21-40)36-11-5-3-9-34(36)35-10-4-6-12-37(35)39/h3-6,9-20H,7-8,21-27H2,1-2H3,(H,41,42). The van der Waals surface area contributed by atoms with Crippen molar-refractivity contribution in [3.8, 4) is 22.6 Å². The highest BCUT2D eigenvalue weighted by Gasteiger charge is 2.45. The van der Waals surface area contributed by atoms with E-state index >= 15 is 0 Å². The van der Waals surface area contributed by atoms with Crippen molar-refractivity contribution in [2.24, 2.45) is 0 Å². The fourth-order valence-electron chi connectivity index (χ4n) is 5.95.